The molecule has 0 unspecified atom stereocenters. The Morgan fingerprint density at radius 3 is 2.20 bits per heavy atom. The Kier molecular flexibility index (Phi) is 11.9. The minimum absolute atomic E-state index is 1.09. The maximum Gasteiger partial charge on any atom is 0.0378 e. The molecule has 0 aliphatic rings. The van der Waals surface area contributed by atoms with Gasteiger partial charge in [0, 0.05) is 30.5 Å². The van der Waals surface area contributed by atoms with Crippen molar-refractivity contribution in [2.45, 2.75) is 112 Å². The van der Waals surface area contributed by atoms with Crippen LogP contribution in [0, 0.1) is 32.6 Å². The molecular weight excluding hydrogens is 533 g/mol. The second kappa shape index (κ2) is 15.6. The van der Waals surface area contributed by atoms with E-state index in [0.29, 0.717) is 0 Å². The van der Waals surface area contributed by atoms with Crippen molar-refractivity contribution in [3.8, 4) is 22.3 Å². The van der Waals surface area contributed by atoms with Crippen LogP contribution in [0.3, 0.4) is 0 Å². The van der Waals surface area contributed by atoms with E-state index in [1.807, 2.05) is 22.7 Å². The van der Waals surface area contributed by atoms with Gasteiger partial charge in [0.25, 0.3) is 0 Å². The summed E-state index contributed by atoms with van der Waals surface area (Å²) in [6, 6.07) is 16.1. The van der Waals surface area contributed by atoms with Crippen molar-refractivity contribution in [2.24, 2.45) is 0 Å². The quantitative estimate of drug-likeness (QED) is 0.109. The van der Waals surface area contributed by atoms with Crippen LogP contribution in [-0.4, -0.2) is 0 Å². The van der Waals surface area contributed by atoms with E-state index in [2.05, 4.69) is 102 Å². The Bertz CT molecular complexity index is 1510. The highest BCUT2D eigenvalue weighted by atomic mass is 32.1. The summed E-state index contributed by atoms with van der Waals surface area (Å²) in [6.07, 6.45) is 16.6. The van der Waals surface area contributed by atoms with E-state index >= 15 is 0 Å². The molecule has 216 valence electrons. The molecule has 4 aromatic rings. The molecule has 0 N–H and O–H groups in total. The summed E-state index contributed by atoms with van der Waals surface area (Å²) in [5.74, 6) is 6.78. The zero-order valence-electron chi connectivity index (χ0n) is 26.2. The standard InChI is InChI=1S/C39H48S2/c1-7-9-11-12-13-15-17-34-25-30(5)39(40-34)35-27-38-36(26-29(35)4)31(6)37(41-38)24-28(3)18-19-33-22-20-32(21-23-33)16-14-10-8-2/h20-27H,7-17H2,1-6H3/b28-24+. The molecule has 0 aliphatic carbocycles. The molecule has 2 aromatic heterocycles. The van der Waals surface area contributed by atoms with Crippen molar-refractivity contribution in [1.82, 2.24) is 0 Å². The molecule has 2 aromatic carbocycles. The van der Waals surface area contributed by atoms with Crippen molar-refractivity contribution in [3.63, 3.8) is 0 Å². The average molecular weight is 581 g/mol. The molecule has 0 nitrogen and oxygen atoms in total. The maximum absolute atomic E-state index is 3.40. The van der Waals surface area contributed by atoms with Gasteiger partial charge in [-0.05, 0) is 123 Å². The zero-order valence-corrected chi connectivity index (χ0v) is 27.8. The van der Waals surface area contributed by atoms with Crippen molar-refractivity contribution in [3.05, 3.63) is 85.6 Å². The number of fused-ring (bicyclic) bond motifs is 1. The Morgan fingerprint density at radius 2 is 1.44 bits per heavy atom. The van der Waals surface area contributed by atoms with Crippen LogP contribution in [-0.2, 0) is 12.8 Å². The lowest BCUT2D eigenvalue weighted by molar-refractivity contribution is 0.609. The van der Waals surface area contributed by atoms with Crippen LogP contribution in [0.5, 0.6) is 0 Å². The molecule has 0 radical (unpaired) electrons. The third-order valence-electron chi connectivity index (χ3n) is 8.08. The lowest BCUT2D eigenvalue weighted by Gasteiger charge is -2.06. The predicted molar refractivity (Wildman–Crippen MR) is 187 cm³/mol. The number of thiophene rings is 2. The summed E-state index contributed by atoms with van der Waals surface area (Å²) < 4.78 is 1.37. The molecule has 2 heterocycles. The van der Waals surface area contributed by atoms with E-state index in [9.17, 15) is 0 Å². The smallest absolute Gasteiger partial charge is 0.0378 e. The first-order valence-corrected chi connectivity index (χ1v) is 17.5. The first-order valence-electron chi connectivity index (χ1n) is 15.8. The third-order valence-corrected chi connectivity index (χ3v) is 10.6. The van der Waals surface area contributed by atoms with Gasteiger partial charge in [-0.2, -0.15) is 0 Å². The topological polar surface area (TPSA) is 0 Å². The first kappa shape index (κ1) is 31.3. The number of aryl methyl sites for hydroxylation is 5. The molecule has 0 atom stereocenters. The van der Waals surface area contributed by atoms with Gasteiger partial charge in [0.15, 0.2) is 0 Å². The van der Waals surface area contributed by atoms with Gasteiger partial charge in [-0.15, -0.1) is 22.7 Å². The zero-order chi connectivity index (χ0) is 29.2. The van der Waals surface area contributed by atoms with E-state index in [1.165, 1.54) is 118 Å². The van der Waals surface area contributed by atoms with Gasteiger partial charge in [-0.3, -0.25) is 0 Å². The minimum Gasteiger partial charge on any atom is -0.140 e. The summed E-state index contributed by atoms with van der Waals surface area (Å²) in [6.45, 7) is 13.5. The van der Waals surface area contributed by atoms with Crippen molar-refractivity contribution >= 4 is 38.8 Å². The summed E-state index contributed by atoms with van der Waals surface area (Å²) >= 11 is 3.91. The van der Waals surface area contributed by atoms with Crippen LogP contribution in [0.15, 0.2) is 48.0 Å². The second-order valence-corrected chi connectivity index (χ2v) is 13.9. The van der Waals surface area contributed by atoms with Gasteiger partial charge in [-0.25, -0.2) is 0 Å². The van der Waals surface area contributed by atoms with Gasteiger partial charge in [-0.1, -0.05) is 82.8 Å². The predicted octanol–water partition coefficient (Wildman–Crippen LogP) is 12.6. The molecule has 0 saturated carbocycles. The number of rotatable bonds is 13. The highest BCUT2D eigenvalue weighted by Crippen LogP contribution is 2.41. The number of hydrogen-bond donors (Lipinski definition) is 0. The average Bonchev–Trinajstić information content (AvgIpc) is 3.48. The third kappa shape index (κ3) is 8.70. The van der Waals surface area contributed by atoms with Crippen molar-refractivity contribution < 1.29 is 0 Å². The van der Waals surface area contributed by atoms with Gasteiger partial charge in [0.2, 0.25) is 0 Å². The Balaban J connectivity index is 1.48. The van der Waals surface area contributed by atoms with E-state index in [-0.39, 0.29) is 0 Å². The van der Waals surface area contributed by atoms with Crippen LogP contribution < -0.4 is 0 Å². The summed E-state index contributed by atoms with van der Waals surface area (Å²) in [5.41, 5.74) is 9.18. The fraction of sp³-hybridized carbons (Fsp3) is 0.436. The molecule has 4 rings (SSSR count). The van der Waals surface area contributed by atoms with Crippen molar-refractivity contribution in [2.75, 3.05) is 0 Å². The van der Waals surface area contributed by atoms with Gasteiger partial charge in [0.1, 0.15) is 0 Å². The number of benzene rings is 2. The Hall–Kier alpha value is -2.60. The lowest BCUT2D eigenvalue weighted by Crippen LogP contribution is -1.85. The van der Waals surface area contributed by atoms with Crippen LogP contribution >= 0.6 is 22.7 Å². The van der Waals surface area contributed by atoms with E-state index in [1.54, 1.807) is 4.88 Å². The highest BCUT2D eigenvalue weighted by Gasteiger charge is 2.15. The number of allylic oxidation sites excluding steroid dienone is 1. The SMILES string of the molecule is CCCCCCCCc1cc(C)c(-c2cc3sc(/C=C(\C)C#Cc4ccc(CCCCC)cc4)c(C)c3cc2C)s1. The first-order chi connectivity index (χ1) is 19.9. The normalized spacial score (nSPS) is 11.7. The van der Waals surface area contributed by atoms with Crippen LogP contribution in [0.2, 0.25) is 0 Å². The fourth-order valence-electron chi connectivity index (χ4n) is 5.53. The van der Waals surface area contributed by atoms with Gasteiger partial charge >= 0.3 is 0 Å². The molecule has 0 aliphatic heterocycles. The number of hydrogen-bond acceptors (Lipinski definition) is 2. The molecule has 0 saturated heterocycles. The monoisotopic (exact) mass is 580 g/mol. The van der Waals surface area contributed by atoms with Crippen molar-refractivity contribution in [1.29, 1.82) is 0 Å². The molecule has 0 spiro atoms. The van der Waals surface area contributed by atoms with Gasteiger partial charge in [0.05, 0.1) is 0 Å². The largest absolute Gasteiger partial charge is 0.140 e. The summed E-state index contributed by atoms with van der Waals surface area (Å²) in [5, 5.41) is 1.38. The molecule has 0 bridgehead atoms. The molecule has 41 heavy (non-hydrogen) atoms. The van der Waals surface area contributed by atoms with E-state index in [0.717, 1.165) is 11.1 Å². The van der Waals surface area contributed by atoms with Gasteiger partial charge < -0.3 is 0 Å². The summed E-state index contributed by atoms with van der Waals surface area (Å²) in [4.78, 5) is 4.31. The Labute approximate surface area is 257 Å². The summed E-state index contributed by atoms with van der Waals surface area (Å²) in [7, 11) is 0. The molecule has 0 amide bonds. The number of unbranched alkanes of at least 4 members (excludes halogenated alkanes) is 7. The van der Waals surface area contributed by atoms with E-state index in [4.69, 9.17) is 0 Å². The van der Waals surface area contributed by atoms with E-state index < -0.39 is 0 Å². The van der Waals surface area contributed by atoms with Crippen LogP contribution in [0.4, 0.5) is 0 Å². The molecule has 2 heteroatoms. The molecule has 0 fully saturated rings. The van der Waals surface area contributed by atoms with Crippen LogP contribution in [0.25, 0.3) is 26.6 Å². The lowest BCUT2D eigenvalue weighted by atomic mass is 10.0. The maximum atomic E-state index is 3.40. The fourth-order valence-corrected chi connectivity index (χ4v) is 8.06. The van der Waals surface area contributed by atoms with Crippen LogP contribution in [0.1, 0.15) is 116 Å². The minimum atomic E-state index is 1.09. The second-order valence-electron chi connectivity index (χ2n) is 11.7. The highest BCUT2D eigenvalue weighted by molar-refractivity contribution is 7.20. The molecular formula is C39H48S2. The Morgan fingerprint density at radius 1 is 0.756 bits per heavy atom.